The average molecular weight is 344 g/mol. The van der Waals surface area contributed by atoms with E-state index >= 15 is 0 Å². The number of carbonyl (C=O) groups is 1. The summed E-state index contributed by atoms with van der Waals surface area (Å²) in [5.41, 5.74) is 0.283. The summed E-state index contributed by atoms with van der Waals surface area (Å²) in [7, 11) is 0. The van der Waals surface area contributed by atoms with Gasteiger partial charge in [-0.1, -0.05) is 6.07 Å². The number of hydrogen-bond donors (Lipinski definition) is 1. The SMILES string of the molecule is Cc1nnc2ccc(NC3CCN(c4c(F)cccc4F)C3=O)nn12. The predicted molar refractivity (Wildman–Crippen MR) is 86.3 cm³/mol. The highest BCUT2D eigenvalue weighted by Crippen LogP contribution is 2.28. The molecule has 1 N–H and O–H groups in total. The van der Waals surface area contributed by atoms with E-state index in [-0.39, 0.29) is 12.2 Å². The molecule has 0 radical (unpaired) electrons. The largest absolute Gasteiger partial charge is 0.357 e. The van der Waals surface area contributed by atoms with E-state index in [1.54, 1.807) is 23.6 Å². The molecule has 9 heteroatoms. The van der Waals surface area contributed by atoms with Crippen molar-refractivity contribution in [3.8, 4) is 0 Å². The summed E-state index contributed by atoms with van der Waals surface area (Å²) >= 11 is 0. The van der Waals surface area contributed by atoms with Crippen LogP contribution in [-0.4, -0.2) is 38.3 Å². The Morgan fingerprint density at radius 3 is 2.68 bits per heavy atom. The number of anilines is 2. The van der Waals surface area contributed by atoms with Crippen LogP contribution in [0.4, 0.5) is 20.3 Å². The standard InChI is InChI=1S/C16H14F2N6O/c1-9-20-21-14-6-5-13(22-24(9)14)19-12-7-8-23(16(12)25)15-10(17)3-2-4-11(15)18/h2-6,12H,7-8H2,1H3,(H,19,22). The van der Waals surface area contributed by atoms with Crippen LogP contribution in [-0.2, 0) is 4.79 Å². The molecular weight excluding hydrogens is 330 g/mol. The summed E-state index contributed by atoms with van der Waals surface area (Å²) < 4.78 is 29.4. The van der Waals surface area contributed by atoms with Crippen molar-refractivity contribution in [3.63, 3.8) is 0 Å². The Kier molecular flexibility index (Phi) is 3.56. The number of nitrogens with zero attached hydrogens (tertiary/aromatic N) is 5. The molecule has 1 fully saturated rings. The molecule has 0 saturated carbocycles. The minimum Gasteiger partial charge on any atom is -0.357 e. The molecule has 4 rings (SSSR count). The van der Waals surface area contributed by atoms with Gasteiger partial charge >= 0.3 is 0 Å². The molecule has 1 atom stereocenters. The molecule has 0 spiro atoms. The van der Waals surface area contributed by atoms with Crippen LogP contribution in [0.25, 0.3) is 5.65 Å². The van der Waals surface area contributed by atoms with Gasteiger partial charge in [0, 0.05) is 6.54 Å². The van der Waals surface area contributed by atoms with E-state index in [9.17, 15) is 13.6 Å². The molecule has 0 aliphatic carbocycles. The number of amides is 1. The maximum absolute atomic E-state index is 13.9. The molecule has 3 aromatic rings. The Morgan fingerprint density at radius 1 is 1.16 bits per heavy atom. The topological polar surface area (TPSA) is 75.4 Å². The monoisotopic (exact) mass is 344 g/mol. The number of aryl methyl sites for hydroxylation is 1. The van der Waals surface area contributed by atoms with E-state index in [0.717, 1.165) is 17.0 Å². The molecule has 1 unspecified atom stereocenters. The number of benzene rings is 1. The first-order valence-electron chi connectivity index (χ1n) is 7.75. The summed E-state index contributed by atoms with van der Waals surface area (Å²) in [5.74, 6) is -0.829. The van der Waals surface area contributed by atoms with E-state index in [2.05, 4.69) is 20.6 Å². The van der Waals surface area contributed by atoms with E-state index in [4.69, 9.17) is 0 Å². The fraction of sp³-hybridized carbons (Fsp3) is 0.250. The van der Waals surface area contributed by atoms with Crippen molar-refractivity contribution in [2.24, 2.45) is 0 Å². The van der Waals surface area contributed by atoms with Gasteiger partial charge in [-0.05, 0) is 37.6 Å². The summed E-state index contributed by atoms with van der Waals surface area (Å²) in [6, 6.07) is 6.34. The van der Waals surface area contributed by atoms with Crippen molar-refractivity contribution in [1.82, 2.24) is 19.8 Å². The Balaban J connectivity index is 1.58. The maximum Gasteiger partial charge on any atom is 0.249 e. The maximum atomic E-state index is 13.9. The van der Waals surface area contributed by atoms with Crippen LogP contribution in [0.2, 0.25) is 0 Å². The van der Waals surface area contributed by atoms with Crippen molar-refractivity contribution < 1.29 is 13.6 Å². The van der Waals surface area contributed by atoms with Gasteiger partial charge < -0.3 is 10.2 Å². The molecular formula is C16H14F2N6O. The fourth-order valence-electron chi connectivity index (χ4n) is 2.93. The molecule has 7 nitrogen and oxygen atoms in total. The number of aromatic nitrogens is 4. The molecule has 3 heterocycles. The van der Waals surface area contributed by atoms with Crippen LogP contribution in [0.5, 0.6) is 0 Å². The molecule has 1 aliphatic heterocycles. The molecule has 0 bridgehead atoms. The minimum absolute atomic E-state index is 0.224. The Morgan fingerprint density at radius 2 is 1.92 bits per heavy atom. The first kappa shape index (κ1) is 15.4. The first-order chi connectivity index (χ1) is 12.0. The molecule has 2 aromatic heterocycles. The molecule has 25 heavy (non-hydrogen) atoms. The van der Waals surface area contributed by atoms with Crippen molar-refractivity contribution in [2.45, 2.75) is 19.4 Å². The Labute approximate surface area is 141 Å². The summed E-state index contributed by atoms with van der Waals surface area (Å²) in [5, 5.41) is 15.2. The van der Waals surface area contributed by atoms with Gasteiger partial charge in [-0.15, -0.1) is 15.3 Å². The second-order valence-electron chi connectivity index (χ2n) is 5.78. The Bertz CT molecular complexity index is 952. The van der Waals surface area contributed by atoms with Gasteiger partial charge in [0.15, 0.2) is 11.5 Å². The van der Waals surface area contributed by atoms with Gasteiger partial charge in [0.2, 0.25) is 5.91 Å². The van der Waals surface area contributed by atoms with Gasteiger partial charge in [0.1, 0.15) is 29.2 Å². The second kappa shape index (κ2) is 5.76. The van der Waals surface area contributed by atoms with Crippen molar-refractivity contribution in [2.75, 3.05) is 16.8 Å². The van der Waals surface area contributed by atoms with E-state index in [1.165, 1.54) is 6.07 Å². The second-order valence-corrected chi connectivity index (χ2v) is 5.78. The average Bonchev–Trinajstić information content (AvgIpc) is 3.13. The summed E-state index contributed by atoms with van der Waals surface area (Å²) in [6.07, 6.45) is 0.410. The van der Waals surface area contributed by atoms with Gasteiger partial charge in [-0.25, -0.2) is 8.78 Å². The van der Waals surface area contributed by atoms with E-state index in [1.807, 2.05) is 0 Å². The first-order valence-corrected chi connectivity index (χ1v) is 7.75. The Hall–Kier alpha value is -3.10. The third-order valence-electron chi connectivity index (χ3n) is 4.15. The number of nitrogens with one attached hydrogen (secondary N) is 1. The third kappa shape index (κ3) is 2.57. The lowest BCUT2D eigenvalue weighted by Gasteiger charge is -2.18. The number of para-hydroxylation sites is 1. The lowest BCUT2D eigenvalue weighted by atomic mass is 10.2. The highest BCUT2D eigenvalue weighted by Gasteiger charge is 2.35. The molecule has 1 aliphatic rings. The molecule has 1 aromatic carbocycles. The molecule has 1 saturated heterocycles. The van der Waals surface area contributed by atoms with Crippen molar-refractivity contribution in [3.05, 3.63) is 47.8 Å². The van der Waals surface area contributed by atoms with Crippen LogP contribution in [0.15, 0.2) is 30.3 Å². The minimum atomic E-state index is -0.756. The number of rotatable bonds is 3. The quantitative estimate of drug-likeness (QED) is 0.786. The van der Waals surface area contributed by atoms with Crippen LogP contribution >= 0.6 is 0 Å². The van der Waals surface area contributed by atoms with Crippen LogP contribution < -0.4 is 10.2 Å². The highest BCUT2D eigenvalue weighted by molar-refractivity contribution is 6.01. The van der Waals surface area contributed by atoms with Gasteiger partial charge in [-0.3, -0.25) is 4.79 Å². The number of carbonyl (C=O) groups excluding carboxylic acids is 1. The molecule has 1 amide bonds. The zero-order valence-electron chi connectivity index (χ0n) is 13.3. The van der Waals surface area contributed by atoms with Gasteiger partial charge in [0.05, 0.1) is 0 Å². The van der Waals surface area contributed by atoms with Crippen molar-refractivity contribution >= 4 is 23.1 Å². The lowest BCUT2D eigenvalue weighted by molar-refractivity contribution is -0.117. The summed E-state index contributed by atoms with van der Waals surface area (Å²) in [4.78, 5) is 13.7. The van der Waals surface area contributed by atoms with E-state index in [0.29, 0.717) is 23.7 Å². The fourth-order valence-corrected chi connectivity index (χ4v) is 2.93. The third-order valence-corrected chi connectivity index (χ3v) is 4.15. The van der Waals surface area contributed by atoms with Gasteiger partial charge in [-0.2, -0.15) is 4.52 Å². The highest BCUT2D eigenvalue weighted by atomic mass is 19.1. The van der Waals surface area contributed by atoms with Crippen LogP contribution in [0.3, 0.4) is 0 Å². The predicted octanol–water partition coefficient (Wildman–Crippen LogP) is 1.93. The molecule has 128 valence electrons. The summed E-state index contributed by atoms with van der Waals surface area (Å²) in [6.45, 7) is 1.99. The van der Waals surface area contributed by atoms with Crippen molar-refractivity contribution in [1.29, 1.82) is 0 Å². The zero-order valence-corrected chi connectivity index (χ0v) is 13.3. The lowest BCUT2D eigenvalue weighted by Crippen LogP contribution is -2.34. The van der Waals surface area contributed by atoms with Gasteiger partial charge in [0.25, 0.3) is 0 Å². The normalized spacial score (nSPS) is 17.5. The zero-order chi connectivity index (χ0) is 17.6. The number of halogens is 2. The van der Waals surface area contributed by atoms with E-state index < -0.39 is 23.6 Å². The van der Waals surface area contributed by atoms with Crippen LogP contribution in [0.1, 0.15) is 12.2 Å². The van der Waals surface area contributed by atoms with Crippen LogP contribution in [0, 0.1) is 18.6 Å². The number of hydrogen-bond acceptors (Lipinski definition) is 5. The number of fused-ring (bicyclic) bond motifs is 1. The smallest absolute Gasteiger partial charge is 0.249 e.